The zero-order valence-electron chi connectivity index (χ0n) is 9.17. The third kappa shape index (κ3) is 2.96. The van der Waals surface area contributed by atoms with Gasteiger partial charge in [-0.3, -0.25) is 0 Å². The van der Waals surface area contributed by atoms with E-state index in [2.05, 4.69) is 15.4 Å². The SMILES string of the molecule is Cc1nsc(Sc2ccc(N)c(CC#N)c2)n1. The van der Waals surface area contributed by atoms with Crippen LogP contribution in [0.15, 0.2) is 27.4 Å². The second-order valence-electron chi connectivity index (χ2n) is 3.41. The van der Waals surface area contributed by atoms with E-state index < -0.39 is 0 Å². The summed E-state index contributed by atoms with van der Waals surface area (Å²) in [6.07, 6.45) is 0.329. The topological polar surface area (TPSA) is 75.6 Å². The van der Waals surface area contributed by atoms with E-state index in [1.165, 1.54) is 23.3 Å². The van der Waals surface area contributed by atoms with Gasteiger partial charge in [0.25, 0.3) is 0 Å². The Morgan fingerprint density at radius 2 is 2.35 bits per heavy atom. The summed E-state index contributed by atoms with van der Waals surface area (Å²) < 4.78 is 5.02. The van der Waals surface area contributed by atoms with E-state index in [0.29, 0.717) is 12.1 Å². The molecule has 17 heavy (non-hydrogen) atoms. The summed E-state index contributed by atoms with van der Waals surface area (Å²) in [5.74, 6) is 0.783. The lowest BCUT2D eigenvalue weighted by molar-refractivity contribution is 1.10. The van der Waals surface area contributed by atoms with Crippen LogP contribution in [0.1, 0.15) is 11.4 Å². The summed E-state index contributed by atoms with van der Waals surface area (Å²) in [6.45, 7) is 1.87. The lowest BCUT2D eigenvalue weighted by atomic mass is 10.1. The number of nitrogens with zero attached hydrogens (tertiary/aromatic N) is 3. The molecule has 0 atom stereocenters. The Morgan fingerprint density at radius 1 is 1.53 bits per heavy atom. The summed E-state index contributed by atoms with van der Waals surface area (Å²) in [7, 11) is 0. The molecule has 0 fully saturated rings. The molecule has 0 aliphatic rings. The van der Waals surface area contributed by atoms with Crippen LogP contribution in [0.4, 0.5) is 5.69 Å². The number of nitriles is 1. The molecule has 0 aliphatic carbocycles. The van der Waals surface area contributed by atoms with Crippen LogP contribution in [0.3, 0.4) is 0 Å². The molecular weight excluding hydrogens is 252 g/mol. The molecule has 4 nitrogen and oxygen atoms in total. The van der Waals surface area contributed by atoms with Crippen LogP contribution in [0.2, 0.25) is 0 Å². The van der Waals surface area contributed by atoms with Crippen molar-refractivity contribution >= 4 is 29.0 Å². The van der Waals surface area contributed by atoms with Crippen LogP contribution in [0.25, 0.3) is 0 Å². The number of aromatic nitrogens is 2. The zero-order valence-corrected chi connectivity index (χ0v) is 10.8. The fourth-order valence-corrected chi connectivity index (χ4v) is 2.99. The van der Waals surface area contributed by atoms with Gasteiger partial charge in [0, 0.05) is 10.6 Å². The molecule has 1 aromatic carbocycles. The largest absolute Gasteiger partial charge is 0.398 e. The second kappa shape index (κ2) is 5.17. The highest BCUT2D eigenvalue weighted by molar-refractivity contribution is 8.01. The Labute approximate surface area is 108 Å². The van der Waals surface area contributed by atoms with Gasteiger partial charge < -0.3 is 5.73 Å². The van der Waals surface area contributed by atoms with Gasteiger partial charge in [-0.05, 0) is 42.2 Å². The first-order valence-corrected chi connectivity index (χ1v) is 6.51. The summed E-state index contributed by atoms with van der Waals surface area (Å²) in [5.41, 5.74) is 7.30. The van der Waals surface area contributed by atoms with Crippen LogP contribution in [0, 0.1) is 18.3 Å². The van der Waals surface area contributed by atoms with Gasteiger partial charge in [-0.25, -0.2) is 4.98 Å². The van der Waals surface area contributed by atoms with E-state index in [0.717, 1.165) is 20.6 Å². The van der Waals surface area contributed by atoms with Gasteiger partial charge in [0.2, 0.25) is 0 Å². The van der Waals surface area contributed by atoms with Crippen LogP contribution in [-0.4, -0.2) is 9.36 Å². The normalized spacial score (nSPS) is 10.1. The highest BCUT2D eigenvalue weighted by atomic mass is 32.2. The van der Waals surface area contributed by atoms with E-state index in [-0.39, 0.29) is 0 Å². The monoisotopic (exact) mass is 262 g/mol. The molecule has 1 aromatic heterocycles. The highest BCUT2D eigenvalue weighted by Crippen LogP contribution is 2.30. The maximum absolute atomic E-state index is 8.70. The smallest absolute Gasteiger partial charge is 0.174 e. The number of rotatable bonds is 3. The van der Waals surface area contributed by atoms with Crippen molar-refractivity contribution in [2.24, 2.45) is 0 Å². The average molecular weight is 262 g/mol. The molecule has 0 saturated carbocycles. The second-order valence-corrected chi connectivity index (χ2v) is 5.48. The molecule has 1 heterocycles. The predicted molar refractivity (Wildman–Crippen MR) is 68.9 cm³/mol. The minimum Gasteiger partial charge on any atom is -0.398 e. The van der Waals surface area contributed by atoms with Crippen molar-refractivity contribution in [3.8, 4) is 6.07 Å². The Bertz CT molecular complexity index is 571. The van der Waals surface area contributed by atoms with Gasteiger partial charge in [0.05, 0.1) is 12.5 Å². The van der Waals surface area contributed by atoms with Gasteiger partial charge in [-0.2, -0.15) is 9.64 Å². The van der Waals surface area contributed by atoms with Crippen LogP contribution >= 0.6 is 23.3 Å². The van der Waals surface area contributed by atoms with Crippen molar-refractivity contribution in [3.05, 3.63) is 29.6 Å². The molecule has 0 bridgehead atoms. The van der Waals surface area contributed by atoms with Crippen molar-refractivity contribution in [2.75, 3.05) is 5.73 Å². The Balaban J connectivity index is 2.22. The van der Waals surface area contributed by atoms with Crippen LogP contribution < -0.4 is 5.73 Å². The van der Waals surface area contributed by atoms with Crippen molar-refractivity contribution in [3.63, 3.8) is 0 Å². The fourth-order valence-electron chi connectivity index (χ4n) is 1.30. The predicted octanol–water partition coefficient (Wildman–Crippen LogP) is 2.65. The van der Waals surface area contributed by atoms with Crippen molar-refractivity contribution in [2.45, 2.75) is 22.6 Å². The minimum atomic E-state index is 0.329. The number of hydrogen-bond donors (Lipinski definition) is 1. The number of nitrogens with two attached hydrogens (primary N) is 1. The summed E-state index contributed by atoms with van der Waals surface area (Å²) in [6, 6.07) is 7.79. The highest BCUT2D eigenvalue weighted by Gasteiger charge is 2.05. The van der Waals surface area contributed by atoms with Crippen molar-refractivity contribution < 1.29 is 0 Å². The maximum atomic E-state index is 8.70. The van der Waals surface area contributed by atoms with Gasteiger partial charge in [0.1, 0.15) is 5.82 Å². The third-order valence-corrected chi connectivity index (χ3v) is 3.93. The molecule has 0 aliphatic heterocycles. The Kier molecular flexibility index (Phi) is 3.61. The third-order valence-electron chi connectivity index (χ3n) is 2.10. The average Bonchev–Trinajstić information content (AvgIpc) is 2.69. The van der Waals surface area contributed by atoms with E-state index in [1.54, 1.807) is 0 Å². The van der Waals surface area contributed by atoms with Gasteiger partial charge in [-0.15, -0.1) is 0 Å². The molecule has 6 heteroatoms. The molecule has 2 aromatic rings. The van der Waals surface area contributed by atoms with Gasteiger partial charge >= 0.3 is 0 Å². The molecule has 86 valence electrons. The van der Waals surface area contributed by atoms with Gasteiger partial charge in [0.15, 0.2) is 4.34 Å². The number of aryl methyl sites for hydroxylation is 1. The first-order chi connectivity index (χ1) is 8.19. The molecule has 0 radical (unpaired) electrons. The molecule has 0 unspecified atom stereocenters. The summed E-state index contributed by atoms with van der Waals surface area (Å²) in [4.78, 5) is 5.31. The molecule has 0 spiro atoms. The number of nitrogen functional groups attached to an aromatic ring is 1. The van der Waals surface area contributed by atoms with Crippen LogP contribution in [-0.2, 0) is 6.42 Å². The number of benzene rings is 1. The van der Waals surface area contributed by atoms with E-state index in [4.69, 9.17) is 11.0 Å². The lowest BCUT2D eigenvalue weighted by Crippen LogP contribution is -1.93. The number of anilines is 1. The molecule has 0 amide bonds. The van der Waals surface area contributed by atoms with E-state index in [1.807, 2.05) is 25.1 Å². The molecule has 0 saturated heterocycles. The minimum absolute atomic E-state index is 0.329. The van der Waals surface area contributed by atoms with Crippen molar-refractivity contribution in [1.29, 1.82) is 5.26 Å². The van der Waals surface area contributed by atoms with Gasteiger partial charge in [-0.1, -0.05) is 11.8 Å². The number of hydrogen-bond acceptors (Lipinski definition) is 6. The fraction of sp³-hybridized carbons (Fsp3) is 0.182. The Morgan fingerprint density at radius 3 is 3.00 bits per heavy atom. The first-order valence-electron chi connectivity index (χ1n) is 4.92. The quantitative estimate of drug-likeness (QED) is 0.861. The van der Waals surface area contributed by atoms with E-state index in [9.17, 15) is 0 Å². The Hall–Kier alpha value is -1.58. The summed E-state index contributed by atoms with van der Waals surface area (Å²) in [5, 5.41) is 8.70. The lowest BCUT2D eigenvalue weighted by Gasteiger charge is -2.03. The maximum Gasteiger partial charge on any atom is 0.174 e. The zero-order chi connectivity index (χ0) is 12.3. The molecular formula is C11H10N4S2. The standard InChI is InChI=1S/C11H10N4S2/c1-7-14-11(17-15-7)16-9-2-3-10(13)8(6-9)4-5-12/h2-3,6H,4,13H2,1H3. The van der Waals surface area contributed by atoms with E-state index >= 15 is 0 Å². The van der Waals surface area contributed by atoms with Crippen molar-refractivity contribution in [1.82, 2.24) is 9.36 Å². The molecule has 2 rings (SSSR count). The summed E-state index contributed by atoms with van der Waals surface area (Å²) >= 11 is 2.91. The first kappa shape index (κ1) is 11.9. The van der Waals surface area contributed by atoms with Crippen LogP contribution in [0.5, 0.6) is 0 Å². The molecule has 2 N–H and O–H groups in total.